The quantitative estimate of drug-likeness (QED) is 0.663. The van der Waals surface area contributed by atoms with Crippen LogP contribution in [-0.4, -0.2) is 65.1 Å². The van der Waals surface area contributed by atoms with Crippen LogP contribution >= 0.6 is 0 Å². The van der Waals surface area contributed by atoms with Crippen LogP contribution < -0.4 is 10.6 Å². The van der Waals surface area contributed by atoms with Crippen molar-refractivity contribution in [2.24, 2.45) is 5.92 Å². The molecule has 1 saturated carbocycles. The molecule has 8 nitrogen and oxygen atoms in total. The number of piperidine rings is 2. The second kappa shape index (κ2) is 8.16. The fraction of sp³-hybridized carbons (Fsp3) is 0.565. The minimum atomic E-state index is -0.926. The minimum absolute atomic E-state index is 0.127. The fourth-order valence-electron chi connectivity index (χ4n) is 5.08. The summed E-state index contributed by atoms with van der Waals surface area (Å²) in [6.07, 6.45) is 4.98. The van der Waals surface area contributed by atoms with Gasteiger partial charge in [-0.3, -0.25) is 34.3 Å². The SMILES string of the molecule is O=C1CCC(N2C(=O)c3cccc(CN(CC4CC4)C4CCNCC4)c3C2=O)C(=O)N1. The Labute approximate surface area is 181 Å². The lowest BCUT2D eigenvalue weighted by atomic mass is 9.99. The van der Waals surface area contributed by atoms with E-state index in [0.717, 1.165) is 48.9 Å². The number of hydrogen-bond acceptors (Lipinski definition) is 6. The highest BCUT2D eigenvalue weighted by molar-refractivity contribution is 6.24. The van der Waals surface area contributed by atoms with Crippen molar-refractivity contribution in [3.8, 4) is 0 Å². The van der Waals surface area contributed by atoms with Gasteiger partial charge in [0.05, 0.1) is 11.1 Å². The third-order valence-corrected chi connectivity index (χ3v) is 6.94. The first-order valence-electron chi connectivity index (χ1n) is 11.3. The number of nitrogens with zero attached hydrogens (tertiary/aromatic N) is 2. The topological polar surface area (TPSA) is 98.8 Å². The second-order valence-corrected chi connectivity index (χ2v) is 9.14. The van der Waals surface area contributed by atoms with Crippen LogP contribution in [0.15, 0.2) is 18.2 Å². The first-order chi connectivity index (χ1) is 15.0. The van der Waals surface area contributed by atoms with Crippen LogP contribution in [0.5, 0.6) is 0 Å². The van der Waals surface area contributed by atoms with Gasteiger partial charge >= 0.3 is 0 Å². The number of hydrogen-bond donors (Lipinski definition) is 2. The van der Waals surface area contributed by atoms with Crippen molar-refractivity contribution in [1.82, 2.24) is 20.4 Å². The van der Waals surface area contributed by atoms with E-state index in [0.29, 0.717) is 23.7 Å². The van der Waals surface area contributed by atoms with Crippen LogP contribution in [0.1, 0.15) is 64.8 Å². The Morgan fingerprint density at radius 1 is 0.968 bits per heavy atom. The Morgan fingerprint density at radius 3 is 2.45 bits per heavy atom. The maximum atomic E-state index is 13.4. The summed E-state index contributed by atoms with van der Waals surface area (Å²) in [6, 6.07) is 4.96. The number of rotatable bonds is 6. The van der Waals surface area contributed by atoms with Gasteiger partial charge in [0.2, 0.25) is 11.8 Å². The highest BCUT2D eigenvalue weighted by Gasteiger charge is 2.45. The predicted octanol–water partition coefficient (Wildman–Crippen LogP) is 1.05. The van der Waals surface area contributed by atoms with Crippen molar-refractivity contribution in [3.05, 3.63) is 34.9 Å². The highest BCUT2D eigenvalue weighted by atomic mass is 16.2. The molecule has 3 heterocycles. The van der Waals surface area contributed by atoms with Crippen molar-refractivity contribution < 1.29 is 19.2 Å². The molecule has 0 radical (unpaired) electrons. The van der Waals surface area contributed by atoms with Gasteiger partial charge in [0.25, 0.3) is 11.8 Å². The molecule has 1 aromatic carbocycles. The zero-order valence-corrected chi connectivity index (χ0v) is 17.6. The molecule has 1 atom stereocenters. The number of carbonyl (C=O) groups is 4. The normalized spacial score (nSPS) is 24.7. The highest BCUT2D eigenvalue weighted by Crippen LogP contribution is 2.34. The largest absolute Gasteiger partial charge is 0.317 e. The number of amides is 4. The molecule has 0 bridgehead atoms. The fourth-order valence-corrected chi connectivity index (χ4v) is 5.08. The van der Waals surface area contributed by atoms with Crippen molar-refractivity contribution in [1.29, 1.82) is 0 Å². The summed E-state index contributed by atoms with van der Waals surface area (Å²) in [6.45, 7) is 3.65. The number of fused-ring (bicyclic) bond motifs is 1. The molecule has 4 amide bonds. The van der Waals surface area contributed by atoms with Crippen LogP contribution in [0.3, 0.4) is 0 Å². The van der Waals surface area contributed by atoms with Gasteiger partial charge in [-0.2, -0.15) is 0 Å². The molecule has 164 valence electrons. The Bertz CT molecular complexity index is 936. The number of nitrogens with one attached hydrogen (secondary N) is 2. The summed E-state index contributed by atoms with van der Waals surface area (Å²) in [5, 5.41) is 5.67. The minimum Gasteiger partial charge on any atom is -0.317 e. The molecule has 3 aliphatic heterocycles. The molecule has 2 saturated heterocycles. The van der Waals surface area contributed by atoms with E-state index in [1.807, 2.05) is 12.1 Å². The van der Waals surface area contributed by atoms with E-state index in [-0.39, 0.29) is 18.7 Å². The van der Waals surface area contributed by atoms with E-state index in [9.17, 15) is 19.2 Å². The van der Waals surface area contributed by atoms with Crippen molar-refractivity contribution in [3.63, 3.8) is 0 Å². The molecule has 8 heteroatoms. The molecule has 1 aromatic rings. The van der Waals surface area contributed by atoms with Gasteiger partial charge in [0, 0.05) is 25.6 Å². The van der Waals surface area contributed by atoms with Crippen LogP contribution in [0.4, 0.5) is 0 Å². The van der Waals surface area contributed by atoms with E-state index in [1.54, 1.807) is 6.07 Å². The van der Waals surface area contributed by atoms with Gasteiger partial charge in [0.15, 0.2) is 0 Å². The van der Waals surface area contributed by atoms with Crippen LogP contribution in [0.2, 0.25) is 0 Å². The molecule has 0 aromatic heterocycles. The smallest absolute Gasteiger partial charge is 0.262 e. The Kier molecular flexibility index (Phi) is 5.35. The molecule has 5 rings (SSSR count). The number of benzene rings is 1. The summed E-state index contributed by atoms with van der Waals surface area (Å²) in [4.78, 5) is 53.8. The molecular weight excluding hydrogens is 396 g/mol. The van der Waals surface area contributed by atoms with Crippen molar-refractivity contribution in [2.75, 3.05) is 19.6 Å². The third kappa shape index (κ3) is 3.90. The van der Waals surface area contributed by atoms with Gasteiger partial charge in [-0.1, -0.05) is 12.1 Å². The van der Waals surface area contributed by atoms with Gasteiger partial charge in [-0.15, -0.1) is 0 Å². The Balaban J connectivity index is 1.41. The molecular formula is C23H28N4O4. The van der Waals surface area contributed by atoms with Crippen molar-refractivity contribution >= 4 is 23.6 Å². The average molecular weight is 425 g/mol. The van der Waals surface area contributed by atoms with Gasteiger partial charge in [-0.25, -0.2) is 0 Å². The van der Waals surface area contributed by atoms with Gasteiger partial charge in [-0.05, 0) is 62.7 Å². The zero-order chi connectivity index (χ0) is 21.5. The molecule has 1 unspecified atom stereocenters. The summed E-state index contributed by atoms with van der Waals surface area (Å²) in [5.41, 5.74) is 1.64. The lowest BCUT2D eigenvalue weighted by Crippen LogP contribution is -2.54. The predicted molar refractivity (Wildman–Crippen MR) is 112 cm³/mol. The Hall–Kier alpha value is -2.58. The van der Waals surface area contributed by atoms with E-state index >= 15 is 0 Å². The standard InChI is InChI=1S/C23H28N4O4/c28-19-7-6-18(21(29)25-19)27-22(30)17-3-1-2-15(20(17)23(27)31)13-26(12-14-4-5-14)16-8-10-24-11-9-16/h1-3,14,16,18,24H,4-13H2,(H,25,28,29). The summed E-state index contributed by atoms with van der Waals surface area (Å²) in [5.74, 6) is -1.06. The van der Waals surface area contributed by atoms with Crippen LogP contribution in [-0.2, 0) is 16.1 Å². The van der Waals surface area contributed by atoms with Gasteiger partial charge < -0.3 is 5.32 Å². The molecule has 0 spiro atoms. The lowest BCUT2D eigenvalue weighted by Gasteiger charge is -2.35. The monoisotopic (exact) mass is 424 g/mol. The van der Waals surface area contributed by atoms with Crippen LogP contribution in [0.25, 0.3) is 0 Å². The maximum absolute atomic E-state index is 13.4. The molecule has 2 N–H and O–H groups in total. The van der Waals surface area contributed by atoms with E-state index < -0.39 is 23.8 Å². The zero-order valence-electron chi connectivity index (χ0n) is 17.6. The molecule has 4 aliphatic rings. The van der Waals surface area contributed by atoms with Gasteiger partial charge in [0.1, 0.15) is 6.04 Å². The van der Waals surface area contributed by atoms with Crippen molar-refractivity contribution in [2.45, 2.75) is 57.2 Å². The van der Waals surface area contributed by atoms with Crippen LogP contribution in [0, 0.1) is 5.92 Å². The first-order valence-corrected chi connectivity index (χ1v) is 11.3. The summed E-state index contributed by atoms with van der Waals surface area (Å²) >= 11 is 0. The summed E-state index contributed by atoms with van der Waals surface area (Å²) < 4.78 is 0. The summed E-state index contributed by atoms with van der Waals surface area (Å²) in [7, 11) is 0. The third-order valence-electron chi connectivity index (χ3n) is 6.94. The van der Waals surface area contributed by atoms with E-state index in [4.69, 9.17) is 0 Å². The van der Waals surface area contributed by atoms with E-state index in [1.165, 1.54) is 12.8 Å². The molecule has 31 heavy (non-hydrogen) atoms. The maximum Gasteiger partial charge on any atom is 0.262 e. The first kappa shape index (κ1) is 20.3. The Morgan fingerprint density at radius 2 is 1.74 bits per heavy atom. The lowest BCUT2D eigenvalue weighted by molar-refractivity contribution is -0.136. The van der Waals surface area contributed by atoms with E-state index in [2.05, 4.69) is 15.5 Å². The number of carbonyl (C=O) groups excluding carboxylic acids is 4. The number of imide groups is 2. The average Bonchev–Trinajstić information content (AvgIpc) is 3.55. The molecule has 3 fully saturated rings. The second-order valence-electron chi connectivity index (χ2n) is 9.14. The molecule has 1 aliphatic carbocycles.